The van der Waals surface area contributed by atoms with Crippen molar-refractivity contribution in [3.63, 3.8) is 0 Å². The maximum Gasteiger partial charge on any atom is 0.231 e. The van der Waals surface area contributed by atoms with E-state index in [1.165, 1.54) is 16.7 Å². The average Bonchev–Trinajstić information content (AvgIpc) is 2.78. The van der Waals surface area contributed by atoms with Gasteiger partial charge in [0.05, 0.1) is 0 Å². The zero-order valence-corrected chi connectivity index (χ0v) is 7.75. The van der Waals surface area contributed by atoms with Gasteiger partial charge in [0.2, 0.25) is 6.79 Å². The van der Waals surface area contributed by atoms with Gasteiger partial charge < -0.3 is 15.2 Å². The summed E-state index contributed by atoms with van der Waals surface area (Å²) < 4.78 is 10.6. The zero-order valence-electron chi connectivity index (χ0n) is 7.75. The SMILES string of the molecule is NCC1=CCc2cc3c(cc21)OCO3. The van der Waals surface area contributed by atoms with Gasteiger partial charge in [-0.2, -0.15) is 0 Å². The van der Waals surface area contributed by atoms with E-state index in [2.05, 4.69) is 12.1 Å². The van der Waals surface area contributed by atoms with Gasteiger partial charge in [-0.15, -0.1) is 0 Å². The topological polar surface area (TPSA) is 44.5 Å². The summed E-state index contributed by atoms with van der Waals surface area (Å²) in [7, 11) is 0. The summed E-state index contributed by atoms with van der Waals surface area (Å²) in [6.07, 6.45) is 3.12. The fourth-order valence-corrected chi connectivity index (χ4v) is 1.99. The number of hydrogen-bond donors (Lipinski definition) is 1. The first-order chi connectivity index (χ1) is 6.88. The number of benzene rings is 1. The third-order valence-corrected chi connectivity index (χ3v) is 2.73. The normalized spacial score (nSPS) is 16.8. The van der Waals surface area contributed by atoms with Gasteiger partial charge in [-0.3, -0.25) is 0 Å². The molecule has 0 atom stereocenters. The molecule has 3 rings (SSSR count). The standard InChI is InChI=1S/C11H11NO2/c12-5-8-2-1-7-3-10-11(4-9(7)8)14-6-13-10/h2-4H,1,5-6,12H2. The van der Waals surface area contributed by atoms with Gasteiger partial charge in [0.25, 0.3) is 0 Å². The molecule has 2 aliphatic rings. The minimum atomic E-state index is 0.333. The van der Waals surface area contributed by atoms with Crippen LogP contribution in [0.2, 0.25) is 0 Å². The van der Waals surface area contributed by atoms with Crippen LogP contribution in [0.15, 0.2) is 18.2 Å². The van der Waals surface area contributed by atoms with Crippen molar-refractivity contribution in [2.45, 2.75) is 6.42 Å². The van der Waals surface area contributed by atoms with E-state index < -0.39 is 0 Å². The summed E-state index contributed by atoms with van der Waals surface area (Å²) in [6, 6.07) is 4.08. The molecule has 1 heterocycles. The third kappa shape index (κ3) is 0.960. The zero-order chi connectivity index (χ0) is 9.54. The molecule has 0 spiro atoms. The monoisotopic (exact) mass is 189 g/mol. The van der Waals surface area contributed by atoms with Crippen LogP contribution in [-0.4, -0.2) is 13.3 Å². The second-order valence-electron chi connectivity index (χ2n) is 3.50. The maximum absolute atomic E-state index is 5.65. The van der Waals surface area contributed by atoms with Crippen LogP contribution in [0.5, 0.6) is 11.5 Å². The Morgan fingerprint density at radius 1 is 1.21 bits per heavy atom. The minimum absolute atomic E-state index is 0.333. The lowest BCUT2D eigenvalue weighted by atomic mass is 10.0. The quantitative estimate of drug-likeness (QED) is 0.724. The Kier molecular flexibility index (Phi) is 1.55. The second kappa shape index (κ2) is 2.75. The van der Waals surface area contributed by atoms with Crippen LogP contribution in [0.4, 0.5) is 0 Å². The van der Waals surface area contributed by atoms with Crippen molar-refractivity contribution < 1.29 is 9.47 Å². The van der Waals surface area contributed by atoms with Crippen LogP contribution in [0.1, 0.15) is 11.1 Å². The number of hydrogen-bond acceptors (Lipinski definition) is 3. The van der Waals surface area contributed by atoms with E-state index in [1.807, 2.05) is 6.07 Å². The molecule has 0 aromatic heterocycles. The predicted octanol–water partition coefficient (Wildman–Crippen LogP) is 1.31. The average molecular weight is 189 g/mol. The molecule has 1 aromatic rings. The van der Waals surface area contributed by atoms with Gasteiger partial charge >= 0.3 is 0 Å². The Bertz CT molecular complexity index is 424. The van der Waals surface area contributed by atoms with Crippen LogP contribution in [0.25, 0.3) is 5.57 Å². The van der Waals surface area contributed by atoms with Gasteiger partial charge in [-0.25, -0.2) is 0 Å². The van der Waals surface area contributed by atoms with E-state index in [0.29, 0.717) is 13.3 Å². The molecule has 1 aromatic carbocycles. The molecule has 0 unspecified atom stereocenters. The number of rotatable bonds is 1. The number of fused-ring (bicyclic) bond motifs is 2. The van der Waals surface area contributed by atoms with Crippen LogP contribution in [0, 0.1) is 0 Å². The van der Waals surface area contributed by atoms with Crippen LogP contribution in [0.3, 0.4) is 0 Å². The molecule has 72 valence electrons. The van der Waals surface area contributed by atoms with Gasteiger partial charge in [0.15, 0.2) is 11.5 Å². The number of allylic oxidation sites excluding steroid dienone is 1. The first-order valence-corrected chi connectivity index (χ1v) is 4.70. The van der Waals surface area contributed by atoms with Crippen LogP contribution in [-0.2, 0) is 6.42 Å². The summed E-state index contributed by atoms with van der Waals surface area (Å²) >= 11 is 0. The fraction of sp³-hybridized carbons (Fsp3) is 0.273. The Balaban J connectivity index is 2.13. The molecular formula is C11H11NO2. The number of ether oxygens (including phenoxy) is 2. The van der Waals surface area contributed by atoms with Gasteiger partial charge in [0.1, 0.15) is 0 Å². The van der Waals surface area contributed by atoms with Crippen molar-refractivity contribution >= 4 is 5.57 Å². The summed E-state index contributed by atoms with van der Waals surface area (Å²) in [5.74, 6) is 1.69. The highest BCUT2D eigenvalue weighted by atomic mass is 16.7. The highest BCUT2D eigenvalue weighted by Gasteiger charge is 2.20. The molecule has 1 aliphatic carbocycles. The smallest absolute Gasteiger partial charge is 0.231 e. The lowest BCUT2D eigenvalue weighted by molar-refractivity contribution is 0.174. The molecule has 14 heavy (non-hydrogen) atoms. The van der Waals surface area contributed by atoms with Crippen molar-refractivity contribution in [3.8, 4) is 11.5 Å². The Labute approximate surface area is 82.1 Å². The van der Waals surface area contributed by atoms with Crippen molar-refractivity contribution in [3.05, 3.63) is 29.3 Å². The molecule has 0 fully saturated rings. The van der Waals surface area contributed by atoms with Crippen molar-refractivity contribution in [2.75, 3.05) is 13.3 Å². The van der Waals surface area contributed by atoms with Crippen LogP contribution >= 0.6 is 0 Å². The third-order valence-electron chi connectivity index (χ3n) is 2.73. The summed E-state index contributed by atoms with van der Waals surface area (Å²) in [6.45, 7) is 0.923. The van der Waals surface area contributed by atoms with E-state index >= 15 is 0 Å². The summed E-state index contributed by atoms with van der Waals surface area (Å²) in [4.78, 5) is 0. The maximum atomic E-state index is 5.65. The lowest BCUT2D eigenvalue weighted by Crippen LogP contribution is -2.00. The Morgan fingerprint density at radius 3 is 2.79 bits per heavy atom. The Morgan fingerprint density at radius 2 is 2.00 bits per heavy atom. The van der Waals surface area contributed by atoms with Crippen molar-refractivity contribution in [1.82, 2.24) is 0 Å². The molecule has 0 amide bonds. The van der Waals surface area contributed by atoms with E-state index in [4.69, 9.17) is 15.2 Å². The second-order valence-corrected chi connectivity index (χ2v) is 3.50. The van der Waals surface area contributed by atoms with E-state index in [-0.39, 0.29) is 0 Å². The Hall–Kier alpha value is -1.48. The molecule has 0 saturated carbocycles. The van der Waals surface area contributed by atoms with Gasteiger partial charge in [0, 0.05) is 6.54 Å². The molecule has 2 N–H and O–H groups in total. The van der Waals surface area contributed by atoms with Crippen molar-refractivity contribution in [2.24, 2.45) is 5.73 Å². The van der Waals surface area contributed by atoms with E-state index in [9.17, 15) is 0 Å². The van der Waals surface area contributed by atoms with E-state index in [1.54, 1.807) is 0 Å². The largest absolute Gasteiger partial charge is 0.454 e. The van der Waals surface area contributed by atoms with Crippen LogP contribution < -0.4 is 15.2 Å². The number of nitrogens with two attached hydrogens (primary N) is 1. The first kappa shape index (κ1) is 7.88. The molecule has 0 saturated heterocycles. The molecule has 0 bridgehead atoms. The fourth-order valence-electron chi connectivity index (χ4n) is 1.99. The highest BCUT2D eigenvalue weighted by molar-refractivity contribution is 5.76. The van der Waals surface area contributed by atoms with Gasteiger partial charge in [-0.05, 0) is 35.3 Å². The highest BCUT2D eigenvalue weighted by Crippen LogP contribution is 2.39. The summed E-state index contributed by atoms with van der Waals surface area (Å²) in [5.41, 5.74) is 9.37. The van der Waals surface area contributed by atoms with E-state index in [0.717, 1.165) is 17.9 Å². The van der Waals surface area contributed by atoms with Crippen molar-refractivity contribution in [1.29, 1.82) is 0 Å². The molecule has 1 aliphatic heterocycles. The molecular weight excluding hydrogens is 178 g/mol. The first-order valence-electron chi connectivity index (χ1n) is 4.70. The van der Waals surface area contributed by atoms with Gasteiger partial charge in [-0.1, -0.05) is 6.08 Å². The minimum Gasteiger partial charge on any atom is -0.454 e. The molecule has 0 radical (unpaired) electrons. The molecule has 3 nitrogen and oxygen atoms in total. The molecule has 3 heteroatoms. The lowest BCUT2D eigenvalue weighted by Gasteiger charge is -2.04. The predicted molar refractivity (Wildman–Crippen MR) is 53.3 cm³/mol. The summed E-state index contributed by atoms with van der Waals surface area (Å²) in [5, 5.41) is 0.